The Kier molecular flexibility index (Phi) is 22.7. The molecule has 0 aliphatic heterocycles. The van der Waals surface area contributed by atoms with Crippen molar-refractivity contribution in [1.29, 1.82) is 0 Å². The zero-order valence-corrected chi connectivity index (χ0v) is 28.5. The summed E-state index contributed by atoms with van der Waals surface area (Å²) < 4.78 is 1.21. The van der Waals surface area contributed by atoms with Crippen LogP contribution < -0.4 is 0 Å². The second-order valence-electron chi connectivity index (χ2n) is 13.1. The van der Waals surface area contributed by atoms with Crippen LogP contribution in [0.15, 0.2) is 85.0 Å². The van der Waals surface area contributed by atoms with E-state index in [1.54, 1.807) is 0 Å². The lowest BCUT2D eigenvalue weighted by atomic mass is 10.0. The van der Waals surface area contributed by atoms with Crippen LogP contribution in [0.5, 0.6) is 0 Å². The summed E-state index contributed by atoms with van der Waals surface area (Å²) in [6, 6.07) is 22.7. The van der Waals surface area contributed by atoms with Crippen LogP contribution in [0.4, 0.5) is 0 Å². The average molecular weight is 587 g/mol. The van der Waals surface area contributed by atoms with Crippen molar-refractivity contribution in [3.8, 4) is 0 Å². The molecule has 0 bridgehead atoms. The first-order valence-corrected chi connectivity index (χ1v) is 18.5. The van der Waals surface area contributed by atoms with Gasteiger partial charge in [-0.1, -0.05) is 163 Å². The molecule has 1 nitrogen and oxygen atoms in total. The smallest absolute Gasteiger partial charge is 0.105 e. The summed E-state index contributed by atoms with van der Waals surface area (Å²) in [7, 11) is 0. The molecule has 0 saturated heterocycles. The zero-order chi connectivity index (χ0) is 30.5. The predicted molar refractivity (Wildman–Crippen MR) is 192 cm³/mol. The summed E-state index contributed by atoms with van der Waals surface area (Å²) in [6.07, 6.45) is 36.6. The molecule has 240 valence electrons. The number of hydrogen-bond donors (Lipinski definition) is 0. The Labute approximate surface area is 268 Å². The van der Waals surface area contributed by atoms with Gasteiger partial charge in [-0.25, -0.2) is 0 Å². The van der Waals surface area contributed by atoms with Crippen LogP contribution in [0.3, 0.4) is 0 Å². The van der Waals surface area contributed by atoms with Gasteiger partial charge in [-0.15, -0.1) is 0 Å². The fourth-order valence-electron chi connectivity index (χ4n) is 6.53. The first-order valence-electron chi connectivity index (χ1n) is 18.5. The fourth-order valence-corrected chi connectivity index (χ4v) is 6.53. The minimum atomic E-state index is 1.16. The molecule has 0 radical (unpaired) electrons. The Morgan fingerprint density at radius 3 is 1.07 bits per heavy atom. The van der Waals surface area contributed by atoms with Gasteiger partial charge >= 0.3 is 0 Å². The van der Waals surface area contributed by atoms with Crippen molar-refractivity contribution >= 4 is 0 Å². The quantitative estimate of drug-likeness (QED) is 0.0528. The summed E-state index contributed by atoms with van der Waals surface area (Å²) in [5.41, 5.74) is 3.00. The number of allylic oxidation sites excluding steroid dienone is 4. The van der Waals surface area contributed by atoms with Gasteiger partial charge in [0.2, 0.25) is 0 Å². The van der Waals surface area contributed by atoms with E-state index < -0.39 is 0 Å². The van der Waals surface area contributed by atoms with E-state index in [0.717, 1.165) is 13.1 Å². The SMILES string of the molecule is CC/C=C/CCCCCCCCCC[N+](CCCCCCCCCC/C=C/CC)(Cc1ccccc1)Cc1ccccc1. The highest BCUT2D eigenvalue weighted by Gasteiger charge is 2.27. The van der Waals surface area contributed by atoms with Crippen molar-refractivity contribution in [3.63, 3.8) is 0 Å². The maximum Gasteiger partial charge on any atom is 0.105 e. The molecule has 0 fully saturated rings. The molecule has 1 heteroatoms. The van der Waals surface area contributed by atoms with Crippen molar-refractivity contribution in [1.82, 2.24) is 0 Å². The Morgan fingerprint density at radius 2 is 0.721 bits per heavy atom. The van der Waals surface area contributed by atoms with Crippen LogP contribution in [-0.2, 0) is 13.1 Å². The normalized spacial score (nSPS) is 12.1. The van der Waals surface area contributed by atoms with Crippen LogP contribution in [0.25, 0.3) is 0 Å². The summed E-state index contributed by atoms with van der Waals surface area (Å²) in [5.74, 6) is 0. The lowest BCUT2D eigenvalue weighted by Crippen LogP contribution is -2.48. The van der Waals surface area contributed by atoms with E-state index in [0.29, 0.717) is 0 Å². The van der Waals surface area contributed by atoms with Crippen molar-refractivity contribution in [2.24, 2.45) is 0 Å². The number of quaternary nitrogens is 1. The fraction of sp³-hybridized carbons (Fsp3) is 0.619. The Hall–Kier alpha value is -2.12. The summed E-state index contributed by atoms with van der Waals surface area (Å²) in [5, 5.41) is 0. The number of hydrogen-bond acceptors (Lipinski definition) is 0. The minimum absolute atomic E-state index is 1.16. The van der Waals surface area contributed by atoms with E-state index in [2.05, 4.69) is 98.8 Å². The molecule has 0 aliphatic rings. The van der Waals surface area contributed by atoms with Crippen molar-refractivity contribution in [3.05, 3.63) is 96.1 Å². The molecular formula is C42H68N+. The third kappa shape index (κ3) is 19.7. The highest BCUT2D eigenvalue weighted by Crippen LogP contribution is 2.24. The van der Waals surface area contributed by atoms with Crippen molar-refractivity contribution in [2.45, 2.75) is 155 Å². The van der Waals surface area contributed by atoms with E-state index in [1.807, 2.05) is 0 Å². The second-order valence-corrected chi connectivity index (χ2v) is 13.1. The van der Waals surface area contributed by atoms with Gasteiger partial charge in [0.05, 0.1) is 13.1 Å². The van der Waals surface area contributed by atoms with Crippen LogP contribution in [-0.4, -0.2) is 17.6 Å². The third-order valence-electron chi connectivity index (χ3n) is 9.03. The maximum absolute atomic E-state index is 2.37. The molecule has 2 aromatic rings. The average Bonchev–Trinajstić information content (AvgIpc) is 3.03. The largest absolute Gasteiger partial charge is 0.316 e. The van der Waals surface area contributed by atoms with Gasteiger partial charge < -0.3 is 4.48 Å². The van der Waals surface area contributed by atoms with E-state index in [-0.39, 0.29) is 0 Å². The molecule has 2 rings (SSSR count). The van der Waals surface area contributed by atoms with E-state index >= 15 is 0 Å². The Balaban J connectivity index is 1.82. The topological polar surface area (TPSA) is 0 Å². The van der Waals surface area contributed by atoms with E-state index in [4.69, 9.17) is 0 Å². The summed E-state index contributed by atoms with van der Waals surface area (Å²) >= 11 is 0. The van der Waals surface area contributed by atoms with Crippen molar-refractivity contribution in [2.75, 3.05) is 13.1 Å². The van der Waals surface area contributed by atoms with Gasteiger partial charge in [0.15, 0.2) is 0 Å². The first-order chi connectivity index (χ1) is 21.3. The molecule has 0 saturated carbocycles. The van der Waals surface area contributed by atoms with Gasteiger partial charge in [-0.3, -0.25) is 0 Å². The van der Waals surface area contributed by atoms with Gasteiger partial charge in [0.1, 0.15) is 13.1 Å². The first kappa shape index (κ1) is 37.1. The van der Waals surface area contributed by atoms with Gasteiger partial charge in [0.25, 0.3) is 0 Å². The third-order valence-corrected chi connectivity index (χ3v) is 9.03. The molecule has 0 aliphatic carbocycles. The Morgan fingerprint density at radius 1 is 0.395 bits per heavy atom. The molecule has 0 amide bonds. The highest BCUT2D eigenvalue weighted by molar-refractivity contribution is 5.15. The van der Waals surface area contributed by atoms with Gasteiger partial charge in [-0.05, 0) is 64.2 Å². The van der Waals surface area contributed by atoms with Crippen molar-refractivity contribution < 1.29 is 4.48 Å². The zero-order valence-electron chi connectivity index (χ0n) is 28.5. The van der Waals surface area contributed by atoms with Crippen LogP contribution in [0.1, 0.15) is 153 Å². The highest BCUT2D eigenvalue weighted by atomic mass is 15.3. The monoisotopic (exact) mass is 587 g/mol. The van der Waals surface area contributed by atoms with Crippen LogP contribution >= 0.6 is 0 Å². The molecule has 0 spiro atoms. The molecule has 0 atom stereocenters. The second kappa shape index (κ2) is 26.3. The molecular weight excluding hydrogens is 518 g/mol. The van der Waals surface area contributed by atoms with Crippen LogP contribution in [0, 0.1) is 0 Å². The van der Waals surface area contributed by atoms with E-state index in [1.165, 1.54) is 157 Å². The molecule has 0 unspecified atom stereocenters. The summed E-state index contributed by atoms with van der Waals surface area (Å²) in [6.45, 7) is 9.38. The minimum Gasteiger partial charge on any atom is -0.316 e. The lowest BCUT2D eigenvalue weighted by Gasteiger charge is -2.39. The number of rotatable bonds is 28. The van der Waals surface area contributed by atoms with Crippen LogP contribution in [0.2, 0.25) is 0 Å². The maximum atomic E-state index is 2.37. The number of nitrogens with zero attached hydrogens (tertiary/aromatic N) is 1. The van der Waals surface area contributed by atoms with Gasteiger partial charge in [-0.2, -0.15) is 0 Å². The molecule has 0 aromatic heterocycles. The molecule has 0 heterocycles. The summed E-state index contributed by atoms with van der Waals surface area (Å²) in [4.78, 5) is 0. The number of benzene rings is 2. The lowest BCUT2D eigenvalue weighted by molar-refractivity contribution is -0.954. The van der Waals surface area contributed by atoms with E-state index in [9.17, 15) is 0 Å². The molecule has 43 heavy (non-hydrogen) atoms. The molecule has 2 aromatic carbocycles. The van der Waals surface area contributed by atoms with Gasteiger partial charge in [0, 0.05) is 11.1 Å². The molecule has 0 N–H and O–H groups in total. The Bertz CT molecular complexity index is 835. The predicted octanol–water partition coefficient (Wildman–Crippen LogP) is 13.2. The number of unbranched alkanes of at least 4 members (excludes halogenated alkanes) is 16. The standard InChI is InChI=1S/C42H68N/c1-3-5-7-9-11-13-15-17-19-21-23-31-37-43(39-41-33-27-25-28-34-41,40-42-35-29-26-30-36-42)38-32-24-22-20-18-16-14-12-10-8-6-4-2/h5-8,25-30,33-36H,3-4,9-24,31-32,37-40H2,1-2H3/q+1/b7-5+,8-6+.